The largest absolute Gasteiger partial charge is 0.457 e. The fraction of sp³-hybridized carbons (Fsp3) is 0.154. The molecule has 0 aliphatic carbocycles. The molecule has 16 heavy (non-hydrogen) atoms. The van der Waals surface area contributed by atoms with Gasteiger partial charge in [0, 0.05) is 18.9 Å². The van der Waals surface area contributed by atoms with E-state index in [1.807, 2.05) is 37.4 Å². The number of pyridine rings is 1. The van der Waals surface area contributed by atoms with Crippen LogP contribution >= 0.6 is 0 Å². The van der Waals surface area contributed by atoms with Crippen molar-refractivity contribution in [1.29, 1.82) is 0 Å². The van der Waals surface area contributed by atoms with Gasteiger partial charge in [0.15, 0.2) is 0 Å². The molecular formula is C13H14N2O. The van der Waals surface area contributed by atoms with Gasteiger partial charge in [0.05, 0.1) is 0 Å². The van der Waals surface area contributed by atoms with Crippen LogP contribution in [0.1, 0.15) is 5.56 Å². The van der Waals surface area contributed by atoms with E-state index in [0.717, 1.165) is 18.0 Å². The van der Waals surface area contributed by atoms with E-state index in [4.69, 9.17) is 4.74 Å². The highest BCUT2D eigenvalue weighted by atomic mass is 16.5. The standard InChI is InChI=1S/C13H14N2O/c1-14-10-11-3-2-4-13(9-11)16-12-5-7-15-8-6-12/h2-9,14H,10H2,1H3. The van der Waals surface area contributed by atoms with Gasteiger partial charge in [-0.1, -0.05) is 12.1 Å². The van der Waals surface area contributed by atoms with Crippen molar-refractivity contribution >= 4 is 0 Å². The van der Waals surface area contributed by atoms with Gasteiger partial charge in [-0.25, -0.2) is 0 Å². The van der Waals surface area contributed by atoms with Crippen LogP contribution in [0, 0.1) is 0 Å². The summed E-state index contributed by atoms with van der Waals surface area (Å²) in [5, 5.41) is 3.11. The van der Waals surface area contributed by atoms with Crippen molar-refractivity contribution in [3.05, 3.63) is 54.4 Å². The molecule has 0 saturated carbocycles. The molecule has 3 heteroatoms. The third-order valence-electron chi connectivity index (χ3n) is 2.16. The number of rotatable bonds is 4. The van der Waals surface area contributed by atoms with Gasteiger partial charge < -0.3 is 10.1 Å². The third kappa shape index (κ3) is 2.81. The zero-order chi connectivity index (χ0) is 11.2. The van der Waals surface area contributed by atoms with Crippen LogP contribution in [0.25, 0.3) is 0 Å². The third-order valence-corrected chi connectivity index (χ3v) is 2.16. The average molecular weight is 214 g/mol. The number of hydrogen-bond donors (Lipinski definition) is 1. The molecule has 3 nitrogen and oxygen atoms in total. The molecule has 2 rings (SSSR count). The molecule has 0 saturated heterocycles. The monoisotopic (exact) mass is 214 g/mol. The first kappa shape index (κ1) is 10.6. The van der Waals surface area contributed by atoms with E-state index in [1.54, 1.807) is 12.4 Å². The summed E-state index contributed by atoms with van der Waals surface area (Å²) in [5.41, 5.74) is 1.20. The normalized spacial score (nSPS) is 10.1. The first-order valence-electron chi connectivity index (χ1n) is 5.20. The highest BCUT2D eigenvalue weighted by Crippen LogP contribution is 2.21. The molecule has 0 aliphatic rings. The Hall–Kier alpha value is -1.87. The summed E-state index contributed by atoms with van der Waals surface area (Å²) >= 11 is 0. The number of hydrogen-bond acceptors (Lipinski definition) is 3. The topological polar surface area (TPSA) is 34.1 Å². The number of nitrogens with one attached hydrogen (secondary N) is 1. The summed E-state index contributed by atoms with van der Waals surface area (Å²) in [7, 11) is 1.93. The van der Waals surface area contributed by atoms with Gasteiger partial charge in [0.1, 0.15) is 11.5 Å². The predicted molar refractivity (Wildman–Crippen MR) is 63.5 cm³/mol. The Morgan fingerprint density at radius 2 is 1.94 bits per heavy atom. The van der Waals surface area contributed by atoms with Crippen molar-refractivity contribution < 1.29 is 4.74 Å². The summed E-state index contributed by atoms with van der Waals surface area (Å²) in [6, 6.07) is 11.7. The summed E-state index contributed by atoms with van der Waals surface area (Å²) < 4.78 is 5.70. The SMILES string of the molecule is CNCc1cccc(Oc2ccncc2)c1. The lowest BCUT2D eigenvalue weighted by Crippen LogP contribution is -2.04. The molecule has 0 spiro atoms. The molecule has 1 heterocycles. The summed E-state index contributed by atoms with van der Waals surface area (Å²) in [6.45, 7) is 0.841. The maximum atomic E-state index is 5.70. The number of ether oxygens (including phenoxy) is 1. The Morgan fingerprint density at radius 1 is 1.12 bits per heavy atom. The molecule has 1 aromatic heterocycles. The van der Waals surface area contributed by atoms with Crippen molar-refractivity contribution in [2.45, 2.75) is 6.54 Å². The zero-order valence-corrected chi connectivity index (χ0v) is 9.18. The van der Waals surface area contributed by atoms with E-state index in [1.165, 1.54) is 5.56 Å². The summed E-state index contributed by atoms with van der Waals surface area (Å²) in [5.74, 6) is 1.65. The molecule has 0 atom stereocenters. The predicted octanol–water partition coefficient (Wildman–Crippen LogP) is 2.59. The van der Waals surface area contributed by atoms with Gasteiger partial charge in [-0.3, -0.25) is 4.98 Å². The van der Waals surface area contributed by atoms with E-state index < -0.39 is 0 Å². The van der Waals surface area contributed by atoms with Gasteiger partial charge in [-0.2, -0.15) is 0 Å². The van der Waals surface area contributed by atoms with Crippen LogP contribution in [0.15, 0.2) is 48.8 Å². The van der Waals surface area contributed by atoms with Crippen LogP contribution in [0.2, 0.25) is 0 Å². The number of aromatic nitrogens is 1. The Kier molecular flexibility index (Phi) is 3.51. The fourth-order valence-corrected chi connectivity index (χ4v) is 1.47. The molecule has 0 fully saturated rings. The van der Waals surface area contributed by atoms with Crippen molar-refractivity contribution in [2.75, 3.05) is 7.05 Å². The minimum Gasteiger partial charge on any atom is -0.457 e. The first-order valence-corrected chi connectivity index (χ1v) is 5.20. The summed E-state index contributed by atoms with van der Waals surface area (Å²) in [4.78, 5) is 3.94. The van der Waals surface area contributed by atoms with Crippen molar-refractivity contribution in [3.8, 4) is 11.5 Å². The van der Waals surface area contributed by atoms with Gasteiger partial charge in [0.2, 0.25) is 0 Å². The molecule has 0 amide bonds. The van der Waals surface area contributed by atoms with Gasteiger partial charge >= 0.3 is 0 Å². The van der Waals surface area contributed by atoms with Crippen LogP contribution in [0.5, 0.6) is 11.5 Å². The molecule has 1 N–H and O–H groups in total. The molecule has 0 bridgehead atoms. The number of benzene rings is 1. The average Bonchev–Trinajstić information content (AvgIpc) is 2.31. The Balaban J connectivity index is 2.12. The molecule has 0 aliphatic heterocycles. The van der Waals surface area contributed by atoms with Crippen molar-refractivity contribution in [1.82, 2.24) is 10.3 Å². The van der Waals surface area contributed by atoms with E-state index in [9.17, 15) is 0 Å². The van der Waals surface area contributed by atoms with Crippen LogP contribution in [-0.4, -0.2) is 12.0 Å². The molecular weight excluding hydrogens is 200 g/mol. The number of nitrogens with zero attached hydrogens (tertiary/aromatic N) is 1. The second-order valence-electron chi connectivity index (χ2n) is 3.46. The molecule has 0 unspecified atom stereocenters. The molecule has 82 valence electrons. The Labute approximate surface area is 95.1 Å². The second kappa shape index (κ2) is 5.28. The minimum atomic E-state index is 0.802. The fourth-order valence-electron chi connectivity index (χ4n) is 1.47. The quantitative estimate of drug-likeness (QED) is 0.849. The van der Waals surface area contributed by atoms with Crippen molar-refractivity contribution in [2.24, 2.45) is 0 Å². The first-order chi connectivity index (χ1) is 7.88. The molecule has 0 radical (unpaired) electrons. The lowest BCUT2D eigenvalue weighted by Gasteiger charge is -2.07. The smallest absolute Gasteiger partial charge is 0.130 e. The van der Waals surface area contributed by atoms with E-state index in [0.29, 0.717) is 0 Å². The van der Waals surface area contributed by atoms with Crippen LogP contribution in [0.4, 0.5) is 0 Å². The van der Waals surface area contributed by atoms with E-state index in [2.05, 4.69) is 16.4 Å². The highest BCUT2D eigenvalue weighted by Gasteiger charge is 1.97. The van der Waals surface area contributed by atoms with Gasteiger partial charge in [-0.05, 0) is 36.9 Å². The summed E-state index contributed by atoms with van der Waals surface area (Å²) in [6.07, 6.45) is 3.43. The maximum Gasteiger partial charge on any atom is 0.130 e. The lowest BCUT2D eigenvalue weighted by atomic mass is 10.2. The van der Waals surface area contributed by atoms with Gasteiger partial charge in [-0.15, -0.1) is 0 Å². The zero-order valence-electron chi connectivity index (χ0n) is 9.18. The van der Waals surface area contributed by atoms with Crippen molar-refractivity contribution in [3.63, 3.8) is 0 Å². The lowest BCUT2D eigenvalue weighted by molar-refractivity contribution is 0.481. The van der Waals surface area contributed by atoms with Gasteiger partial charge in [0.25, 0.3) is 0 Å². The minimum absolute atomic E-state index is 0.802. The van der Waals surface area contributed by atoms with Crippen LogP contribution in [-0.2, 0) is 6.54 Å². The molecule has 1 aromatic carbocycles. The second-order valence-corrected chi connectivity index (χ2v) is 3.46. The van der Waals surface area contributed by atoms with Crippen LogP contribution < -0.4 is 10.1 Å². The van der Waals surface area contributed by atoms with Crippen LogP contribution in [0.3, 0.4) is 0 Å². The van der Waals surface area contributed by atoms with E-state index in [-0.39, 0.29) is 0 Å². The Bertz CT molecular complexity index is 443. The highest BCUT2D eigenvalue weighted by molar-refractivity contribution is 5.33. The maximum absolute atomic E-state index is 5.70. The Morgan fingerprint density at radius 3 is 2.69 bits per heavy atom. The molecule has 2 aromatic rings. The van der Waals surface area contributed by atoms with E-state index >= 15 is 0 Å².